The minimum atomic E-state index is -1.14. The average molecular weight is 295 g/mol. The normalized spacial score (nSPS) is 16.7. The maximum absolute atomic E-state index is 12.0. The third-order valence-electron chi connectivity index (χ3n) is 3.32. The van der Waals surface area contributed by atoms with Gasteiger partial charge in [-0.25, -0.2) is 14.6 Å². The van der Waals surface area contributed by atoms with Crippen molar-refractivity contribution in [2.45, 2.75) is 12.5 Å². The Morgan fingerprint density at radius 2 is 2.29 bits per heavy atom. The summed E-state index contributed by atoms with van der Waals surface area (Å²) in [6, 6.07) is -1.63. The lowest BCUT2D eigenvalue weighted by Crippen LogP contribution is -2.56. The van der Waals surface area contributed by atoms with Crippen molar-refractivity contribution >= 4 is 17.9 Å². The summed E-state index contributed by atoms with van der Waals surface area (Å²) in [4.78, 5) is 44.3. The van der Waals surface area contributed by atoms with Crippen LogP contribution in [0, 0.1) is 0 Å². The van der Waals surface area contributed by atoms with Gasteiger partial charge in [0, 0.05) is 38.4 Å². The number of aromatic amines is 1. The molecule has 2 rings (SSSR count). The molecule has 0 radical (unpaired) electrons. The van der Waals surface area contributed by atoms with Crippen LogP contribution in [0.3, 0.4) is 0 Å². The van der Waals surface area contributed by atoms with E-state index in [0.29, 0.717) is 18.8 Å². The number of hydrogen-bond donors (Lipinski definition) is 3. The third-order valence-corrected chi connectivity index (χ3v) is 3.32. The van der Waals surface area contributed by atoms with Gasteiger partial charge in [0.05, 0.1) is 6.33 Å². The van der Waals surface area contributed by atoms with Crippen LogP contribution in [0.4, 0.5) is 4.79 Å². The van der Waals surface area contributed by atoms with Gasteiger partial charge in [-0.15, -0.1) is 0 Å². The Morgan fingerprint density at radius 1 is 1.52 bits per heavy atom. The van der Waals surface area contributed by atoms with Crippen LogP contribution in [0.15, 0.2) is 12.5 Å². The zero-order chi connectivity index (χ0) is 15.4. The monoisotopic (exact) mass is 295 g/mol. The first-order valence-corrected chi connectivity index (χ1v) is 6.47. The highest BCUT2D eigenvalue weighted by atomic mass is 16.4. The molecule has 0 bridgehead atoms. The molecule has 1 fully saturated rings. The number of nitrogens with one attached hydrogen (secondary N) is 2. The maximum Gasteiger partial charge on any atom is 0.326 e. The zero-order valence-electron chi connectivity index (χ0n) is 11.6. The molecule has 1 unspecified atom stereocenters. The van der Waals surface area contributed by atoms with Crippen molar-refractivity contribution < 1.29 is 19.5 Å². The summed E-state index contributed by atoms with van der Waals surface area (Å²) in [7, 11) is 1.66. The van der Waals surface area contributed by atoms with E-state index in [2.05, 4.69) is 15.3 Å². The quantitative estimate of drug-likeness (QED) is 0.651. The van der Waals surface area contributed by atoms with E-state index in [-0.39, 0.29) is 18.9 Å². The topological polar surface area (TPSA) is 119 Å². The Labute approximate surface area is 120 Å². The third kappa shape index (κ3) is 3.71. The number of hydrogen-bond acceptors (Lipinski definition) is 4. The Kier molecular flexibility index (Phi) is 4.41. The van der Waals surface area contributed by atoms with E-state index >= 15 is 0 Å². The van der Waals surface area contributed by atoms with E-state index in [9.17, 15) is 19.5 Å². The molecule has 1 aliphatic heterocycles. The number of aliphatic carboxylic acids is 1. The Bertz CT molecular complexity index is 530. The number of likely N-dealkylation sites (N-methyl/N-ethyl adjacent to an activating group) is 1. The predicted molar refractivity (Wildman–Crippen MR) is 71.5 cm³/mol. The van der Waals surface area contributed by atoms with Gasteiger partial charge in [-0.1, -0.05) is 0 Å². The lowest BCUT2D eigenvalue weighted by atomic mass is 10.1. The number of H-pyrrole nitrogens is 1. The Hall–Kier alpha value is -2.58. The van der Waals surface area contributed by atoms with Gasteiger partial charge >= 0.3 is 12.0 Å². The molecule has 3 amide bonds. The van der Waals surface area contributed by atoms with E-state index in [4.69, 9.17) is 0 Å². The van der Waals surface area contributed by atoms with Gasteiger partial charge < -0.3 is 25.2 Å². The van der Waals surface area contributed by atoms with Crippen molar-refractivity contribution in [3.63, 3.8) is 0 Å². The highest BCUT2D eigenvalue weighted by Crippen LogP contribution is 2.04. The van der Waals surface area contributed by atoms with E-state index in [1.807, 2.05) is 0 Å². The van der Waals surface area contributed by atoms with Crippen LogP contribution in [0.2, 0.25) is 0 Å². The van der Waals surface area contributed by atoms with Crippen LogP contribution >= 0.6 is 0 Å². The van der Waals surface area contributed by atoms with Crippen LogP contribution in [-0.2, 0) is 16.0 Å². The van der Waals surface area contributed by atoms with Crippen LogP contribution in [0.25, 0.3) is 0 Å². The van der Waals surface area contributed by atoms with Crippen molar-refractivity contribution in [3.05, 3.63) is 18.2 Å². The first-order chi connectivity index (χ1) is 9.97. The molecule has 2 heterocycles. The molecule has 21 heavy (non-hydrogen) atoms. The van der Waals surface area contributed by atoms with Crippen molar-refractivity contribution in [2.75, 3.05) is 26.7 Å². The summed E-state index contributed by atoms with van der Waals surface area (Å²) in [6.07, 6.45) is 3.04. The first-order valence-electron chi connectivity index (χ1n) is 6.47. The number of carboxylic acids is 1. The van der Waals surface area contributed by atoms with Gasteiger partial charge in [0.15, 0.2) is 0 Å². The average Bonchev–Trinajstić information content (AvgIpc) is 2.93. The number of urea groups is 1. The molecule has 0 aromatic carbocycles. The number of nitrogens with zero attached hydrogens (tertiary/aromatic N) is 3. The van der Waals surface area contributed by atoms with Gasteiger partial charge in [0.2, 0.25) is 5.91 Å². The van der Waals surface area contributed by atoms with E-state index in [1.54, 1.807) is 7.05 Å². The standard InChI is InChI=1S/C12H17N5O4/c1-16-2-3-17(6-10(16)18)12(21)15-9(11(19)20)4-8-5-13-7-14-8/h5,7,9H,2-4,6H2,1H3,(H,13,14)(H,15,21)(H,19,20). The van der Waals surface area contributed by atoms with Gasteiger partial charge in [-0.2, -0.15) is 0 Å². The highest BCUT2D eigenvalue weighted by Gasteiger charge is 2.28. The fraction of sp³-hybridized carbons (Fsp3) is 0.500. The highest BCUT2D eigenvalue weighted by molar-refractivity contribution is 5.87. The lowest BCUT2D eigenvalue weighted by Gasteiger charge is -2.32. The summed E-state index contributed by atoms with van der Waals surface area (Å²) in [5.74, 6) is -1.31. The molecule has 1 saturated heterocycles. The molecular weight excluding hydrogens is 278 g/mol. The number of amides is 3. The van der Waals surface area contributed by atoms with E-state index in [0.717, 1.165) is 0 Å². The maximum atomic E-state index is 12.0. The molecular formula is C12H17N5O4. The summed E-state index contributed by atoms with van der Waals surface area (Å²) >= 11 is 0. The largest absolute Gasteiger partial charge is 0.480 e. The van der Waals surface area contributed by atoms with Gasteiger partial charge in [0.25, 0.3) is 0 Å². The van der Waals surface area contributed by atoms with Crippen LogP contribution < -0.4 is 5.32 Å². The van der Waals surface area contributed by atoms with E-state index < -0.39 is 18.0 Å². The fourth-order valence-electron chi connectivity index (χ4n) is 1.99. The molecule has 3 N–H and O–H groups in total. The Balaban J connectivity index is 1.95. The molecule has 9 heteroatoms. The van der Waals surface area contributed by atoms with Crippen molar-refractivity contribution in [2.24, 2.45) is 0 Å². The molecule has 114 valence electrons. The number of carboxylic acid groups (broad SMARTS) is 1. The number of imidazole rings is 1. The smallest absolute Gasteiger partial charge is 0.326 e. The molecule has 1 aromatic heterocycles. The molecule has 1 aliphatic rings. The van der Waals surface area contributed by atoms with Crippen molar-refractivity contribution in [3.8, 4) is 0 Å². The van der Waals surface area contributed by atoms with Gasteiger partial charge in [-0.05, 0) is 0 Å². The second kappa shape index (κ2) is 6.25. The molecule has 1 aromatic rings. The fourth-order valence-corrected chi connectivity index (χ4v) is 1.99. The van der Waals surface area contributed by atoms with Crippen LogP contribution in [0.5, 0.6) is 0 Å². The minimum absolute atomic E-state index is 0.0429. The first kappa shape index (κ1) is 14.8. The second-order valence-corrected chi connectivity index (χ2v) is 4.86. The molecule has 0 aliphatic carbocycles. The lowest BCUT2D eigenvalue weighted by molar-refractivity contribution is -0.139. The van der Waals surface area contributed by atoms with Gasteiger partial charge in [-0.3, -0.25) is 4.79 Å². The summed E-state index contributed by atoms with van der Waals surface area (Å²) in [6.45, 7) is 0.772. The molecule has 1 atom stereocenters. The summed E-state index contributed by atoms with van der Waals surface area (Å²) in [5, 5.41) is 11.6. The number of carbonyl (C=O) groups excluding carboxylic acids is 2. The molecule has 0 saturated carbocycles. The molecule has 0 spiro atoms. The number of piperazine rings is 1. The summed E-state index contributed by atoms with van der Waals surface area (Å²) in [5.41, 5.74) is 0.608. The predicted octanol–water partition coefficient (Wildman–Crippen LogP) is -1.11. The van der Waals surface area contributed by atoms with Gasteiger partial charge in [0.1, 0.15) is 12.6 Å². The SMILES string of the molecule is CN1CCN(C(=O)NC(Cc2cnc[nH]2)C(=O)O)CC1=O. The van der Waals surface area contributed by atoms with Crippen LogP contribution in [-0.4, -0.2) is 75.5 Å². The van der Waals surface area contributed by atoms with E-state index in [1.165, 1.54) is 22.3 Å². The van der Waals surface area contributed by atoms with Crippen molar-refractivity contribution in [1.29, 1.82) is 0 Å². The van der Waals surface area contributed by atoms with Crippen molar-refractivity contribution in [1.82, 2.24) is 25.1 Å². The zero-order valence-corrected chi connectivity index (χ0v) is 11.6. The van der Waals surface area contributed by atoms with Crippen LogP contribution in [0.1, 0.15) is 5.69 Å². The summed E-state index contributed by atoms with van der Waals surface area (Å²) < 4.78 is 0. The molecule has 9 nitrogen and oxygen atoms in total. The number of aromatic nitrogens is 2. The number of carbonyl (C=O) groups is 3. The Morgan fingerprint density at radius 3 is 2.86 bits per heavy atom. The minimum Gasteiger partial charge on any atom is -0.480 e. The number of rotatable bonds is 4. The second-order valence-electron chi connectivity index (χ2n) is 4.86.